The third-order valence-corrected chi connectivity index (χ3v) is 6.63. The van der Waals surface area contributed by atoms with Crippen molar-refractivity contribution in [2.75, 3.05) is 39.0 Å². The number of rotatable bonds is 8. The van der Waals surface area contributed by atoms with Crippen LogP contribution in [0.3, 0.4) is 0 Å². The summed E-state index contributed by atoms with van der Waals surface area (Å²) < 4.78 is 24.6. The van der Waals surface area contributed by atoms with Gasteiger partial charge in [-0.2, -0.15) is 0 Å². The summed E-state index contributed by atoms with van der Waals surface area (Å²) in [6, 6.07) is 9.25. The first-order chi connectivity index (χ1) is 12.6. The van der Waals surface area contributed by atoms with Gasteiger partial charge >= 0.3 is 0 Å². The molecule has 7 heteroatoms. The molecule has 26 heavy (non-hydrogen) atoms. The minimum Gasteiger partial charge on any atom is -0.355 e. The number of nitrogens with one attached hydrogen (secondary N) is 2. The Morgan fingerprint density at radius 2 is 1.92 bits per heavy atom. The number of aliphatic imine (C=N–C) groups is 1. The quantitative estimate of drug-likeness (QED) is 0.532. The van der Waals surface area contributed by atoms with E-state index < -0.39 is 9.84 Å². The van der Waals surface area contributed by atoms with Gasteiger partial charge in [-0.3, -0.25) is 9.89 Å². The van der Waals surface area contributed by atoms with Gasteiger partial charge in [0.1, 0.15) is 0 Å². The maximum Gasteiger partial charge on any atom is 0.191 e. The van der Waals surface area contributed by atoms with Crippen LogP contribution in [-0.4, -0.2) is 64.3 Å². The lowest BCUT2D eigenvalue weighted by atomic mass is 10.0. The van der Waals surface area contributed by atoms with E-state index in [1.807, 2.05) is 6.07 Å². The van der Waals surface area contributed by atoms with Gasteiger partial charge in [0, 0.05) is 32.7 Å². The first-order valence-corrected chi connectivity index (χ1v) is 11.2. The zero-order chi connectivity index (χ0) is 18.8. The molecule has 1 fully saturated rings. The summed E-state index contributed by atoms with van der Waals surface area (Å²) in [5, 5.41) is 6.39. The van der Waals surface area contributed by atoms with Crippen LogP contribution in [0.4, 0.5) is 0 Å². The van der Waals surface area contributed by atoms with Crippen molar-refractivity contribution in [2.24, 2.45) is 4.99 Å². The fraction of sp³-hybridized carbons (Fsp3) is 0.632. The van der Waals surface area contributed by atoms with Crippen LogP contribution in [0.2, 0.25) is 0 Å². The number of piperidine rings is 1. The highest BCUT2D eigenvalue weighted by molar-refractivity contribution is 7.91. The van der Waals surface area contributed by atoms with Gasteiger partial charge in [-0.15, -0.1) is 0 Å². The largest absolute Gasteiger partial charge is 0.355 e. The summed E-state index contributed by atoms with van der Waals surface area (Å²) in [6.45, 7) is 5.55. The molecule has 0 spiro atoms. The van der Waals surface area contributed by atoms with Crippen molar-refractivity contribution in [3.63, 3.8) is 0 Å². The molecule has 1 aliphatic rings. The normalized spacial score (nSPS) is 19.3. The van der Waals surface area contributed by atoms with Gasteiger partial charge < -0.3 is 10.6 Å². The molecule has 1 aliphatic heterocycles. The fourth-order valence-electron chi connectivity index (χ4n) is 3.40. The van der Waals surface area contributed by atoms with Gasteiger partial charge in [0.15, 0.2) is 15.8 Å². The van der Waals surface area contributed by atoms with Gasteiger partial charge in [0.05, 0.1) is 10.6 Å². The lowest BCUT2D eigenvalue weighted by Gasteiger charge is -2.35. The Morgan fingerprint density at radius 3 is 2.62 bits per heavy atom. The molecule has 1 heterocycles. The molecule has 0 radical (unpaired) electrons. The summed E-state index contributed by atoms with van der Waals surface area (Å²) in [7, 11) is -1.56. The topological polar surface area (TPSA) is 73.8 Å². The third kappa shape index (κ3) is 6.29. The number of benzene rings is 1. The number of guanidine groups is 1. The number of sulfone groups is 1. The Labute approximate surface area is 158 Å². The van der Waals surface area contributed by atoms with Crippen LogP contribution in [0.1, 0.15) is 32.6 Å². The number of nitrogens with zero attached hydrogens (tertiary/aromatic N) is 2. The molecule has 0 amide bonds. The standard InChI is InChI=1S/C19H32N4O2S/c1-3-17-9-7-8-14-23(17)15-12-21-19(20-2)22-13-16-26(24,25)18-10-5-4-6-11-18/h4-6,10-11,17H,3,7-9,12-16H2,1-2H3,(H2,20,21,22). The number of hydrogen-bond donors (Lipinski definition) is 2. The molecule has 0 aliphatic carbocycles. The molecule has 2 rings (SSSR count). The van der Waals surface area contributed by atoms with Crippen molar-refractivity contribution in [3.05, 3.63) is 30.3 Å². The lowest BCUT2D eigenvalue weighted by molar-refractivity contribution is 0.147. The van der Waals surface area contributed by atoms with Crippen molar-refractivity contribution < 1.29 is 8.42 Å². The van der Waals surface area contributed by atoms with Gasteiger partial charge in [-0.25, -0.2) is 8.42 Å². The minimum atomic E-state index is -3.27. The molecule has 1 aromatic rings. The highest BCUT2D eigenvalue weighted by Gasteiger charge is 2.20. The van der Waals surface area contributed by atoms with Gasteiger partial charge in [-0.05, 0) is 37.9 Å². The van der Waals surface area contributed by atoms with E-state index in [2.05, 4.69) is 27.4 Å². The summed E-state index contributed by atoms with van der Waals surface area (Å²) in [5.41, 5.74) is 0. The fourth-order valence-corrected chi connectivity index (χ4v) is 4.58. The van der Waals surface area contributed by atoms with Gasteiger partial charge in [0.25, 0.3) is 0 Å². The highest BCUT2D eigenvalue weighted by Crippen LogP contribution is 2.18. The molecule has 1 unspecified atom stereocenters. The van der Waals surface area contributed by atoms with Crippen molar-refractivity contribution in [1.82, 2.24) is 15.5 Å². The van der Waals surface area contributed by atoms with E-state index in [0.29, 0.717) is 23.4 Å². The van der Waals surface area contributed by atoms with Crippen molar-refractivity contribution in [1.29, 1.82) is 0 Å². The molecule has 1 atom stereocenters. The molecule has 146 valence electrons. The number of hydrogen-bond acceptors (Lipinski definition) is 4. The molecular weight excluding hydrogens is 348 g/mol. The Hall–Kier alpha value is -1.60. The minimum absolute atomic E-state index is 0.0434. The van der Waals surface area contributed by atoms with E-state index >= 15 is 0 Å². The second-order valence-electron chi connectivity index (χ2n) is 6.65. The molecular formula is C19H32N4O2S. The van der Waals surface area contributed by atoms with Gasteiger partial charge in [0.2, 0.25) is 0 Å². The van der Waals surface area contributed by atoms with Crippen molar-refractivity contribution in [3.8, 4) is 0 Å². The lowest BCUT2D eigenvalue weighted by Crippen LogP contribution is -2.46. The van der Waals surface area contributed by atoms with Crippen LogP contribution in [0, 0.1) is 0 Å². The summed E-state index contributed by atoms with van der Waals surface area (Å²) in [5.74, 6) is 0.695. The molecule has 2 N–H and O–H groups in total. The summed E-state index contributed by atoms with van der Waals surface area (Å²) in [4.78, 5) is 7.09. The Kier molecular flexibility index (Phi) is 8.38. The molecule has 1 saturated heterocycles. The molecule has 0 aromatic heterocycles. The summed E-state index contributed by atoms with van der Waals surface area (Å²) in [6.07, 6.45) is 5.10. The molecule has 0 bridgehead atoms. The number of likely N-dealkylation sites (tertiary alicyclic amines) is 1. The Bertz CT molecular complexity index is 661. The van der Waals surface area contributed by atoms with Gasteiger partial charge in [-0.1, -0.05) is 31.5 Å². The van der Waals surface area contributed by atoms with E-state index in [0.717, 1.165) is 13.1 Å². The second-order valence-corrected chi connectivity index (χ2v) is 8.76. The highest BCUT2D eigenvalue weighted by atomic mass is 32.2. The molecule has 1 aromatic carbocycles. The van der Waals surface area contributed by atoms with Crippen molar-refractivity contribution in [2.45, 2.75) is 43.5 Å². The van der Waals surface area contributed by atoms with Crippen LogP contribution in [0.15, 0.2) is 40.2 Å². The first-order valence-electron chi connectivity index (χ1n) is 9.53. The predicted octanol–water partition coefficient (Wildman–Crippen LogP) is 1.89. The summed E-state index contributed by atoms with van der Waals surface area (Å²) >= 11 is 0. The zero-order valence-electron chi connectivity index (χ0n) is 15.9. The average Bonchev–Trinajstić information content (AvgIpc) is 2.67. The van der Waals surface area contributed by atoms with Crippen molar-refractivity contribution >= 4 is 15.8 Å². The van der Waals surface area contributed by atoms with Crippen LogP contribution < -0.4 is 10.6 Å². The second kappa shape index (κ2) is 10.5. The first kappa shape index (κ1) is 20.7. The Balaban J connectivity index is 1.72. The van der Waals surface area contributed by atoms with E-state index in [-0.39, 0.29) is 5.75 Å². The third-order valence-electron chi connectivity index (χ3n) is 4.90. The molecule has 0 saturated carbocycles. The van der Waals surface area contributed by atoms with E-state index in [4.69, 9.17) is 0 Å². The predicted molar refractivity (Wildman–Crippen MR) is 107 cm³/mol. The maximum atomic E-state index is 12.3. The van der Waals surface area contributed by atoms with Crippen LogP contribution in [0.25, 0.3) is 0 Å². The maximum absolute atomic E-state index is 12.3. The Morgan fingerprint density at radius 1 is 1.19 bits per heavy atom. The van der Waals surface area contributed by atoms with E-state index in [1.165, 1.54) is 32.2 Å². The molecule has 6 nitrogen and oxygen atoms in total. The SMILES string of the molecule is CCC1CCCCN1CCNC(=NC)NCCS(=O)(=O)c1ccccc1. The monoisotopic (exact) mass is 380 g/mol. The average molecular weight is 381 g/mol. The van der Waals surface area contributed by atoms with Crippen LogP contribution >= 0.6 is 0 Å². The van der Waals surface area contributed by atoms with Crippen LogP contribution in [-0.2, 0) is 9.84 Å². The van der Waals surface area contributed by atoms with Crippen LogP contribution in [0.5, 0.6) is 0 Å². The van der Waals surface area contributed by atoms with E-state index in [9.17, 15) is 8.42 Å². The smallest absolute Gasteiger partial charge is 0.191 e. The zero-order valence-corrected chi connectivity index (χ0v) is 16.8. The van der Waals surface area contributed by atoms with E-state index in [1.54, 1.807) is 31.3 Å².